The quantitative estimate of drug-likeness (QED) is 0.707. The number of para-hydroxylation sites is 1. The Bertz CT molecular complexity index is 405. The second kappa shape index (κ2) is 9.02. The van der Waals surface area contributed by atoms with Crippen molar-refractivity contribution in [3.05, 3.63) is 23.8 Å². The number of halogens is 2. The molecular formula is C14H21F2NO2S. The van der Waals surface area contributed by atoms with Crippen LogP contribution in [0.25, 0.3) is 0 Å². The Morgan fingerprint density at radius 2 is 2.10 bits per heavy atom. The molecule has 1 rings (SSSR count). The molecule has 0 fully saturated rings. The van der Waals surface area contributed by atoms with Crippen LogP contribution in [0.15, 0.2) is 18.2 Å². The molecule has 0 radical (unpaired) electrons. The van der Waals surface area contributed by atoms with Crippen LogP contribution in [0.5, 0.6) is 11.5 Å². The van der Waals surface area contributed by atoms with Crippen LogP contribution in [0, 0.1) is 0 Å². The molecule has 0 aliphatic rings. The molecule has 0 heterocycles. The average molecular weight is 305 g/mol. The minimum absolute atomic E-state index is 0.107. The monoisotopic (exact) mass is 305 g/mol. The molecule has 1 unspecified atom stereocenters. The maximum Gasteiger partial charge on any atom is 0.387 e. The van der Waals surface area contributed by atoms with Crippen LogP contribution in [0.4, 0.5) is 8.78 Å². The Hall–Kier alpha value is -1.01. The van der Waals surface area contributed by atoms with E-state index in [0.717, 1.165) is 13.0 Å². The normalized spacial score (nSPS) is 12.5. The number of rotatable bonds is 9. The molecule has 1 aromatic rings. The lowest BCUT2D eigenvalue weighted by atomic mass is 10.2. The van der Waals surface area contributed by atoms with Gasteiger partial charge in [0.05, 0.1) is 7.11 Å². The smallest absolute Gasteiger partial charge is 0.387 e. The predicted molar refractivity (Wildman–Crippen MR) is 78.9 cm³/mol. The largest absolute Gasteiger partial charge is 0.493 e. The highest BCUT2D eigenvalue weighted by Gasteiger charge is 2.14. The summed E-state index contributed by atoms with van der Waals surface area (Å²) in [6.45, 7) is 0.596. The van der Waals surface area contributed by atoms with E-state index in [-0.39, 0.29) is 5.75 Å². The van der Waals surface area contributed by atoms with Crippen LogP contribution < -0.4 is 14.8 Å². The molecule has 1 atom stereocenters. The SMILES string of the molecule is COc1cccc(CNCCC(C)SC)c1OC(F)F. The van der Waals surface area contributed by atoms with E-state index in [0.29, 0.717) is 23.1 Å². The van der Waals surface area contributed by atoms with E-state index in [1.165, 1.54) is 7.11 Å². The van der Waals surface area contributed by atoms with Crippen molar-refractivity contribution >= 4 is 11.8 Å². The van der Waals surface area contributed by atoms with E-state index in [9.17, 15) is 8.78 Å². The van der Waals surface area contributed by atoms with E-state index < -0.39 is 6.61 Å². The summed E-state index contributed by atoms with van der Waals surface area (Å²) in [5.41, 5.74) is 0.668. The summed E-state index contributed by atoms with van der Waals surface area (Å²) in [5, 5.41) is 3.81. The fourth-order valence-corrected chi connectivity index (χ4v) is 2.08. The molecule has 0 amide bonds. The van der Waals surface area contributed by atoms with Gasteiger partial charge in [0.1, 0.15) is 0 Å². The van der Waals surface area contributed by atoms with E-state index in [2.05, 4.69) is 23.2 Å². The minimum Gasteiger partial charge on any atom is -0.493 e. The molecule has 0 saturated heterocycles. The lowest BCUT2D eigenvalue weighted by molar-refractivity contribution is -0.0518. The highest BCUT2D eigenvalue weighted by molar-refractivity contribution is 7.99. The number of alkyl halides is 2. The number of thioether (sulfide) groups is 1. The first-order valence-electron chi connectivity index (χ1n) is 6.42. The zero-order valence-electron chi connectivity index (χ0n) is 12.0. The maximum absolute atomic E-state index is 12.5. The Balaban J connectivity index is 2.64. The third-order valence-corrected chi connectivity index (χ3v) is 3.97. The van der Waals surface area contributed by atoms with Gasteiger partial charge in [-0.1, -0.05) is 19.1 Å². The summed E-state index contributed by atoms with van der Waals surface area (Å²) in [6.07, 6.45) is 3.09. The van der Waals surface area contributed by atoms with Crippen LogP contribution in [0.3, 0.4) is 0 Å². The lowest BCUT2D eigenvalue weighted by Crippen LogP contribution is -2.18. The van der Waals surface area contributed by atoms with Gasteiger partial charge in [-0.15, -0.1) is 0 Å². The summed E-state index contributed by atoms with van der Waals surface area (Å²) in [5.74, 6) is 0.428. The highest BCUT2D eigenvalue weighted by atomic mass is 32.2. The maximum atomic E-state index is 12.5. The van der Waals surface area contributed by atoms with E-state index in [1.54, 1.807) is 30.0 Å². The second-order valence-corrected chi connectivity index (χ2v) is 5.61. The first-order valence-corrected chi connectivity index (χ1v) is 7.71. The van der Waals surface area contributed by atoms with Gasteiger partial charge in [-0.3, -0.25) is 0 Å². The molecule has 1 N–H and O–H groups in total. The summed E-state index contributed by atoms with van der Waals surface area (Å²) in [6, 6.07) is 5.13. The number of hydrogen-bond donors (Lipinski definition) is 1. The van der Waals surface area contributed by atoms with Crippen LogP contribution in [0.2, 0.25) is 0 Å². The number of ether oxygens (including phenoxy) is 2. The Morgan fingerprint density at radius 1 is 1.35 bits per heavy atom. The molecule has 6 heteroatoms. The Morgan fingerprint density at radius 3 is 2.70 bits per heavy atom. The molecule has 3 nitrogen and oxygen atoms in total. The standard InChI is InChI=1S/C14H21F2NO2S/c1-10(20-3)7-8-17-9-11-5-4-6-12(18-2)13(11)19-14(15)16/h4-6,10,14,17H,7-9H2,1-3H3. The molecule has 20 heavy (non-hydrogen) atoms. The number of benzene rings is 1. The van der Waals surface area contributed by atoms with Gasteiger partial charge in [-0.05, 0) is 25.3 Å². The van der Waals surface area contributed by atoms with Crippen molar-refractivity contribution in [3.63, 3.8) is 0 Å². The van der Waals surface area contributed by atoms with Gasteiger partial charge < -0.3 is 14.8 Å². The van der Waals surface area contributed by atoms with E-state index in [1.807, 2.05) is 0 Å². The van der Waals surface area contributed by atoms with E-state index in [4.69, 9.17) is 4.74 Å². The number of methoxy groups -OCH3 is 1. The lowest BCUT2D eigenvalue weighted by Gasteiger charge is -2.15. The van der Waals surface area contributed by atoms with Crippen molar-refractivity contribution in [2.45, 2.75) is 31.8 Å². The van der Waals surface area contributed by atoms with Gasteiger partial charge in [0.25, 0.3) is 0 Å². The van der Waals surface area contributed by atoms with Gasteiger partial charge in [0, 0.05) is 17.4 Å². The molecule has 0 aromatic heterocycles. The fourth-order valence-electron chi connectivity index (χ4n) is 1.73. The molecule has 0 spiro atoms. The predicted octanol–water partition coefficient (Wildman–Crippen LogP) is 3.53. The zero-order chi connectivity index (χ0) is 15.0. The first kappa shape index (κ1) is 17.0. The van der Waals surface area contributed by atoms with Crippen molar-refractivity contribution in [1.29, 1.82) is 0 Å². The molecule has 0 saturated carbocycles. The molecule has 0 aliphatic heterocycles. The van der Waals surface area contributed by atoms with Crippen molar-refractivity contribution in [3.8, 4) is 11.5 Å². The van der Waals surface area contributed by atoms with Crippen molar-refractivity contribution in [1.82, 2.24) is 5.32 Å². The molecule has 0 bridgehead atoms. The topological polar surface area (TPSA) is 30.5 Å². The first-order chi connectivity index (χ1) is 9.58. The highest BCUT2D eigenvalue weighted by Crippen LogP contribution is 2.32. The second-order valence-electron chi connectivity index (χ2n) is 4.34. The molecular weight excluding hydrogens is 284 g/mol. The number of hydrogen-bond acceptors (Lipinski definition) is 4. The van der Waals surface area contributed by atoms with Crippen LogP contribution in [-0.2, 0) is 6.54 Å². The molecule has 0 aliphatic carbocycles. The minimum atomic E-state index is -2.86. The fraction of sp³-hybridized carbons (Fsp3) is 0.571. The van der Waals surface area contributed by atoms with Crippen LogP contribution in [-0.4, -0.2) is 31.8 Å². The van der Waals surface area contributed by atoms with E-state index >= 15 is 0 Å². The van der Waals surface area contributed by atoms with Crippen LogP contribution in [0.1, 0.15) is 18.9 Å². The Kier molecular flexibility index (Phi) is 7.69. The van der Waals surface area contributed by atoms with Crippen molar-refractivity contribution in [2.24, 2.45) is 0 Å². The van der Waals surface area contributed by atoms with Gasteiger partial charge in [0.2, 0.25) is 0 Å². The van der Waals surface area contributed by atoms with Gasteiger partial charge in [-0.25, -0.2) is 0 Å². The van der Waals surface area contributed by atoms with Crippen molar-refractivity contribution < 1.29 is 18.3 Å². The zero-order valence-corrected chi connectivity index (χ0v) is 12.8. The third kappa shape index (κ3) is 5.54. The van der Waals surface area contributed by atoms with Crippen LogP contribution >= 0.6 is 11.8 Å². The molecule has 114 valence electrons. The summed E-state index contributed by atoms with van der Waals surface area (Å²) in [7, 11) is 1.44. The summed E-state index contributed by atoms with van der Waals surface area (Å²) >= 11 is 1.80. The number of nitrogens with one attached hydrogen (secondary N) is 1. The summed E-state index contributed by atoms with van der Waals surface area (Å²) in [4.78, 5) is 0. The van der Waals surface area contributed by atoms with Gasteiger partial charge in [0.15, 0.2) is 11.5 Å². The third-order valence-electron chi connectivity index (χ3n) is 2.93. The van der Waals surface area contributed by atoms with Gasteiger partial charge >= 0.3 is 6.61 Å². The van der Waals surface area contributed by atoms with Gasteiger partial charge in [-0.2, -0.15) is 20.5 Å². The Labute approximate surface area is 123 Å². The van der Waals surface area contributed by atoms with Crippen molar-refractivity contribution in [2.75, 3.05) is 19.9 Å². The summed E-state index contributed by atoms with van der Waals surface area (Å²) < 4.78 is 34.5. The average Bonchev–Trinajstić information content (AvgIpc) is 2.43. The molecule has 1 aromatic carbocycles.